The van der Waals surface area contributed by atoms with E-state index in [9.17, 15) is 9.59 Å². The van der Waals surface area contributed by atoms with Crippen LogP contribution in [0.5, 0.6) is 0 Å². The predicted molar refractivity (Wildman–Crippen MR) is 97.0 cm³/mol. The number of piperidine rings is 1. The molecule has 0 unspecified atom stereocenters. The summed E-state index contributed by atoms with van der Waals surface area (Å²) >= 11 is 0. The molecule has 25 heavy (non-hydrogen) atoms. The average molecular weight is 338 g/mol. The number of aromatic nitrogens is 3. The number of likely N-dealkylation sites (tertiary alicyclic amines) is 1. The number of aryl methyl sites for hydroxylation is 2. The lowest BCUT2D eigenvalue weighted by Crippen LogP contribution is -2.39. The molecule has 6 heteroatoms. The Hall–Kier alpha value is -2.63. The fourth-order valence-electron chi connectivity index (χ4n) is 3.77. The highest BCUT2D eigenvalue weighted by molar-refractivity contribution is 5.98. The van der Waals surface area contributed by atoms with Gasteiger partial charge in [-0.1, -0.05) is 13.0 Å². The highest BCUT2D eigenvalue weighted by atomic mass is 16.2. The van der Waals surface area contributed by atoms with E-state index in [1.54, 1.807) is 21.2 Å². The smallest absolute Gasteiger partial charge is 0.270 e. The van der Waals surface area contributed by atoms with Crippen molar-refractivity contribution < 1.29 is 4.79 Å². The van der Waals surface area contributed by atoms with E-state index in [4.69, 9.17) is 0 Å². The van der Waals surface area contributed by atoms with Crippen LogP contribution in [0.3, 0.4) is 0 Å². The predicted octanol–water partition coefficient (Wildman–Crippen LogP) is 2.37. The Kier molecular flexibility index (Phi) is 3.63. The normalized spacial score (nSPS) is 18.2. The summed E-state index contributed by atoms with van der Waals surface area (Å²) in [6.07, 6.45) is 3.91. The molecule has 130 valence electrons. The zero-order chi connectivity index (χ0) is 17.7. The lowest BCUT2D eigenvalue weighted by molar-refractivity contribution is 0.0674. The Morgan fingerprint density at radius 3 is 2.88 bits per heavy atom. The van der Waals surface area contributed by atoms with Gasteiger partial charge in [0.2, 0.25) is 0 Å². The summed E-state index contributed by atoms with van der Waals surface area (Å²) < 4.78 is 3.31. The first kappa shape index (κ1) is 15.9. The fourth-order valence-corrected chi connectivity index (χ4v) is 3.77. The second-order valence-electron chi connectivity index (χ2n) is 7.13. The molecule has 0 bridgehead atoms. The molecule has 1 amide bonds. The number of pyridine rings is 1. The van der Waals surface area contributed by atoms with E-state index in [1.165, 1.54) is 0 Å². The number of hydrogen-bond acceptors (Lipinski definition) is 3. The molecular weight excluding hydrogens is 316 g/mol. The molecule has 4 heterocycles. The molecule has 0 aliphatic carbocycles. The number of carbonyl (C=O) groups is 1. The van der Waals surface area contributed by atoms with Crippen LogP contribution in [0.1, 0.15) is 35.8 Å². The van der Waals surface area contributed by atoms with E-state index in [0.29, 0.717) is 28.3 Å². The SMILES string of the molecule is Cc1cccn2c(=O)c3cc(C(=O)N4CCC[C@@H](C)C4)n(C)c3nc12. The Morgan fingerprint density at radius 1 is 1.32 bits per heavy atom. The van der Waals surface area contributed by atoms with Crippen molar-refractivity contribution in [3.63, 3.8) is 0 Å². The minimum absolute atomic E-state index is 0.0165. The summed E-state index contributed by atoms with van der Waals surface area (Å²) in [6.45, 7) is 5.65. The topological polar surface area (TPSA) is 59.6 Å². The molecule has 6 nitrogen and oxygen atoms in total. The fraction of sp³-hybridized carbons (Fsp3) is 0.421. The molecule has 3 aromatic heterocycles. The summed E-state index contributed by atoms with van der Waals surface area (Å²) in [6, 6.07) is 5.46. The third-order valence-electron chi connectivity index (χ3n) is 5.19. The van der Waals surface area contributed by atoms with Gasteiger partial charge in [-0.3, -0.25) is 14.0 Å². The maximum atomic E-state index is 13.0. The zero-order valence-electron chi connectivity index (χ0n) is 14.8. The van der Waals surface area contributed by atoms with Crippen molar-refractivity contribution in [1.29, 1.82) is 0 Å². The van der Waals surface area contributed by atoms with Gasteiger partial charge in [-0.15, -0.1) is 0 Å². The summed E-state index contributed by atoms with van der Waals surface area (Å²) in [4.78, 5) is 32.4. The van der Waals surface area contributed by atoms with Gasteiger partial charge in [0, 0.05) is 26.3 Å². The number of fused-ring (bicyclic) bond motifs is 2. The minimum atomic E-state index is -0.134. The van der Waals surface area contributed by atoms with Crippen LogP contribution in [0.25, 0.3) is 16.7 Å². The third-order valence-corrected chi connectivity index (χ3v) is 5.19. The third kappa shape index (κ3) is 2.44. The van der Waals surface area contributed by atoms with Crippen LogP contribution in [0, 0.1) is 12.8 Å². The molecule has 0 spiro atoms. The molecule has 0 saturated carbocycles. The average Bonchev–Trinajstić information content (AvgIpc) is 2.93. The number of hydrogen-bond donors (Lipinski definition) is 0. The van der Waals surface area contributed by atoms with Crippen molar-refractivity contribution in [2.24, 2.45) is 13.0 Å². The van der Waals surface area contributed by atoms with E-state index < -0.39 is 0 Å². The van der Waals surface area contributed by atoms with Crippen molar-refractivity contribution in [2.75, 3.05) is 13.1 Å². The second-order valence-corrected chi connectivity index (χ2v) is 7.13. The lowest BCUT2D eigenvalue weighted by atomic mass is 10.00. The van der Waals surface area contributed by atoms with Gasteiger partial charge in [-0.2, -0.15) is 0 Å². The summed E-state index contributed by atoms with van der Waals surface area (Å²) in [5, 5.41) is 0.485. The quantitative estimate of drug-likeness (QED) is 0.684. The first-order chi connectivity index (χ1) is 12.0. The molecule has 1 aliphatic rings. The lowest BCUT2D eigenvalue weighted by Gasteiger charge is -2.30. The molecule has 0 aromatic carbocycles. The number of nitrogens with zero attached hydrogens (tertiary/aromatic N) is 4. The van der Waals surface area contributed by atoms with Gasteiger partial charge < -0.3 is 9.47 Å². The van der Waals surface area contributed by atoms with Gasteiger partial charge in [0.25, 0.3) is 11.5 Å². The largest absolute Gasteiger partial charge is 0.337 e. The van der Waals surface area contributed by atoms with Gasteiger partial charge in [0.1, 0.15) is 17.0 Å². The number of carbonyl (C=O) groups excluding carboxylic acids is 1. The van der Waals surface area contributed by atoms with Crippen molar-refractivity contribution in [3.8, 4) is 0 Å². The monoisotopic (exact) mass is 338 g/mol. The first-order valence-corrected chi connectivity index (χ1v) is 8.74. The highest BCUT2D eigenvalue weighted by Gasteiger charge is 2.25. The molecular formula is C19H22N4O2. The molecule has 1 aliphatic heterocycles. The van der Waals surface area contributed by atoms with Crippen LogP contribution in [0.4, 0.5) is 0 Å². The van der Waals surface area contributed by atoms with Crippen LogP contribution in [0.15, 0.2) is 29.2 Å². The molecule has 0 N–H and O–H groups in total. The Labute approximate surface area is 145 Å². The summed E-state index contributed by atoms with van der Waals surface area (Å²) in [5.74, 6) is 0.499. The highest BCUT2D eigenvalue weighted by Crippen LogP contribution is 2.21. The van der Waals surface area contributed by atoms with Crippen LogP contribution in [-0.2, 0) is 7.05 Å². The zero-order valence-corrected chi connectivity index (χ0v) is 14.8. The minimum Gasteiger partial charge on any atom is -0.337 e. The summed E-state index contributed by atoms with van der Waals surface area (Å²) in [5.41, 5.74) is 2.52. The standard InChI is InChI=1S/C19H22N4O2/c1-12-6-4-8-22(11-12)19(25)15-10-14-17(21(15)3)20-16-13(2)7-5-9-23(16)18(14)24/h5,7,9-10,12H,4,6,8,11H2,1-3H3/t12-/m1/s1. The maximum absolute atomic E-state index is 13.0. The van der Waals surface area contributed by atoms with E-state index in [-0.39, 0.29) is 11.5 Å². The van der Waals surface area contributed by atoms with Gasteiger partial charge in [0.05, 0.1) is 5.39 Å². The van der Waals surface area contributed by atoms with Crippen molar-refractivity contribution in [3.05, 3.63) is 46.0 Å². The van der Waals surface area contributed by atoms with Crippen LogP contribution in [-0.4, -0.2) is 37.8 Å². The molecule has 1 atom stereocenters. The molecule has 1 fully saturated rings. The maximum Gasteiger partial charge on any atom is 0.270 e. The van der Waals surface area contributed by atoms with Crippen LogP contribution < -0.4 is 5.56 Å². The van der Waals surface area contributed by atoms with E-state index in [0.717, 1.165) is 31.5 Å². The number of amides is 1. The summed E-state index contributed by atoms with van der Waals surface area (Å²) in [7, 11) is 1.81. The van der Waals surface area contributed by atoms with Gasteiger partial charge in [-0.05, 0) is 43.4 Å². The Balaban J connectivity index is 1.89. The van der Waals surface area contributed by atoms with Gasteiger partial charge >= 0.3 is 0 Å². The van der Waals surface area contributed by atoms with E-state index >= 15 is 0 Å². The second kappa shape index (κ2) is 5.72. The molecule has 1 saturated heterocycles. The number of rotatable bonds is 1. The van der Waals surface area contributed by atoms with Crippen molar-refractivity contribution >= 4 is 22.6 Å². The van der Waals surface area contributed by atoms with Crippen LogP contribution in [0.2, 0.25) is 0 Å². The van der Waals surface area contributed by atoms with E-state index in [2.05, 4.69) is 11.9 Å². The van der Waals surface area contributed by atoms with Crippen molar-refractivity contribution in [2.45, 2.75) is 26.7 Å². The molecule has 0 radical (unpaired) electrons. The van der Waals surface area contributed by atoms with Gasteiger partial charge in [0.15, 0.2) is 0 Å². The van der Waals surface area contributed by atoms with Crippen molar-refractivity contribution in [1.82, 2.24) is 18.9 Å². The molecule has 4 rings (SSSR count). The Bertz CT molecular complexity index is 1050. The van der Waals surface area contributed by atoms with E-state index in [1.807, 2.05) is 31.0 Å². The molecule has 3 aromatic rings. The first-order valence-electron chi connectivity index (χ1n) is 8.74. The van der Waals surface area contributed by atoms with Crippen LogP contribution >= 0.6 is 0 Å². The Morgan fingerprint density at radius 2 is 2.12 bits per heavy atom. The van der Waals surface area contributed by atoms with Gasteiger partial charge in [-0.25, -0.2) is 4.98 Å².